The molecule has 2 aromatic heterocycles. The smallest absolute Gasteiger partial charge is 0.279 e. The summed E-state index contributed by atoms with van der Waals surface area (Å²) in [5.41, 5.74) is 4.64. The van der Waals surface area contributed by atoms with Gasteiger partial charge < -0.3 is 4.90 Å². The van der Waals surface area contributed by atoms with Crippen LogP contribution >= 0.6 is 27.3 Å². The molecule has 1 amide bonds. The Morgan fingerprint density at radius 2 is 1.91 bits per heavy atom. The van der Waals surface area contributed by atoms with E-state index in [0.29, 0.717) is 10.5 Å². The number of aromatic nitrogens is 2. The van der Waals surface area contributed by atoms with Crippen molar-refractivity contribution in [2.24, 2.45) is 10.1 Å². The van der Waals surface area contributed by atoms with E-state index in [0.717, 1.165) is 32.7 Å². The number of thiazole rings is 1. The Hall–Kier alpha value is -3.36. The molecule has 0 saturated carbocycles. The average molecular weight is 518 g/mol. The molecular weight excluding hydrogens is 498 g/mol. The van der Waals surface area contributed by atoms with E-state index in [9.17, 15) is 4.79 Å². The Bertz CT molecular complexity index is 1440. The van der Waals surface area contributed by atoms with Crippen LogP contribution in [-0.2, 0) is 4.79 Å². The van der Waals surface area contributed by atoms with Gasteiger partial charge in [0.05, 0.1) is 23.3 Å². The van der Waals surface area contributed by atoms with Crippen LogP contribution in [0.15, 0.2) is 93.0 Å². The molecule has 0 atom stereocenters. The van der Waals surface area contributed by atoms with Gasteiger partial charge in [-0.25, -0.2) is 9.67 Å². The first-order valence-corrected chi connectivity index (χ1v) is 12.1. The predicted octanol–water partition coefficient (Wildman–Crippen LogP) is 5.61. The Balaban J connectivity index is 1.75. The van der Waals surface area contributed by atoms with E-state index < -0.39 is 0 Å². The van der Waals surface area contributed by atoms with E-state index in [-0.39, 0.29) is 11.9 Å². The van der Waals surface area contributed by atoms with Crippen LogP contribution in [0.1, 0.15) is 19.4 Å². The standard InChI is InChI=1S/C25H20BrN5OS/c1-16(2)30-21-11-4-3-10-20(21)23(24(30)32)29-31-22(17-7-5-8-18(26)13-17)15-33-25(31)28-19-9-6-12-27-14-19/h3-16H,1-2H3. The fourth-order valence-corrected chi connectivity index (χ4v) is 5.03. The van der Waals surface area contributed by atoms with Gasteiger partial charge in [0.2, 0.25) is 4.80 Å². The van der Waals surface area contributed by atoms with Crippen LogP contribution < -0.4 is 9.70 Å². The zero-order valence-corrected chi connectivity index (χ0v) is 20.4. The molecule has 4 aromatic rings. The van der Waals surface area contributed by atoms with E-state index in [1.807, 2.05) is 79.9 Å². The molecule has 1 aliphatic heterocycles. The summed E-state index contributed by atoms with van der Waals surface area (Å²) in [5, 5.41) is 6.90. The Morgan fingerprint density at radius 1 is 1.06 bits per heavy atom. The van der Waals surface area contributed by atoms with Crippen molar-refractivity contribution in [1.82, 2.24) is 9.66 Å². The van der Waals surface area contributed by atoms with Crippen molar-refractivity contribution in [1.29, 1.82) is 0 Å². The lowest BCUT2D eigenvalue weighted by Gasteiger charge is -2.20. The summed E-state index contributed by atoms with van der Waals surface area (Å²) < 4.78 is 2.72. The highest BCUT2D eigenvalue weighted by atomic mass is 79.9. The summed E-state index contributed by atoms with van der Waals surface area (Å²) in [4.78, 5) is 24.8. The normalized spacial score (nSPS) is 15.0. The van der Waals surface area contributed by atoms with Crippen LogP contribution in [0.2, 0.25) is 0 Å². The number of nitrogens with zero attached hydrogens (tertiary/aromatic N) is 5. The van der Waals surface area contributed by atoms with Gasteiger partial charge in [-0.05, 0) is 44.2 Å². The highest BCUT2D eigenvalue weighted by Crippen LogP contribution is 2.32. The lowest BCUT2D eigenvalue weighted by Crippen LogP contribution is -2.36. The molecule has 0 saturated heterocycles. The van der Waals surface area contributed by atoms with E-state index in [1.54, 1.807) is 22.0 Å². The van der Waals surface area contributed by atoms with Crippen molar-refractivity contribution in [2.75, 3.05) is 4.90 Å². The molecule has 2 aromatic carbocycles. The third-order valence-electron chi connectivity index (χ3n) is 5.23. The molecule has 0 N–H and O–H groups in total. The summed E-state index contributed by atoms with van der Waals surface area (Å²) in [6, 6.07) is 19.5. The maximum atomic E-state index is 13.4. The number of hydrogen-bond acceptors (Lipinski definition) is 5. The maximum absolute atomic E-state index is 13.4. The van der Waals surface area contributed by atoms with Crippen LogP contribution in [0.5, 0.6) is 0 Å². The second kappa shape index (κ2) is 8.88. The molecule has 6 nitrogen and oxygen atoms in total. The summed E-state index contributed by atoms with van der Waals surface area (Å²) in [6.07, 6.45) is 3.41. The summed E-state index contributed by atoms with van der Waals surface area (Å²) >= 11 is 5.02. The molecule has 8 heteroatoms. The van der Waals surface area contributed by atoms with Gasteiger partial charge >= 0.3 is 0 Å². The predicted molar refractivity (Wildman–Crippen MR) is 136 cm³/mol. The van der Waals surface area contributed by atoms with Crippen LogP contribution in [0.25, 0.3) is 11.3 Å². The molecule has 0 radical (unpaired) electrons. The number of amides is 1. The fraction of sp³-hybridized carbons (Fsp3) is 0.120. The molecule has 1 aliphatic rings. The monoisotopic (exact) mass is 517 g/mol. The first kappa shape index (κ1) is 21.5. The van der Waals surface area contributed by atoms with Gasteiger partial charge in [-0.3, -0.25) is 9.78 Å². The van der Waals surface area contributed by atoms with Crippen molar-refractivity contribution in [3.8, 4) is 11.3 Å². The third-order valence-corrected chi connectivity index (χ3v) is 6.54. The van der Waals surface area contributed by atoms with Crippen LogP contribution in [0, 0.1) is 0 Å². The number of para-hydroxylation sites is 1. The van der Waals surface area contributed by atoms with E-state index in [2.05, 4.69) is 20.9 Å². The number of hydrogen-bond donors (Lipinski definition) is 0. The molecule has 0 unspecified atom stereocenters. The number of fused-ring (bicyclic) bond motifs is 1. The van der Waals surface area contributed by atoms with Crippen LogP contribution in [0.4, 0.5) is 11.4 Å². The Labute approximate surface area is 203 Å². The average Bonchev–Trinajstić information content (AvgIpc) is 3.33. The zero-order valence-electron chi connectivity index (χ0n) is 18.0. The van der Waals surface area contributed by atoms with E-state index >= 15 is 0 Å². The number of rotatable bonds is 4. The number of benzene rings is 2. The van der Waals surface area contributed by atoms with E-state index in [4.69, 9.17) is 10.1 Å². The molecule has 3 heterocycles. The quantitative estimate of drug-likeness (QED) is 0.353. The third kappa shape index (κ3) is 4.07. The summed E-state index contributed by atoms with van der Waals surface area (Å²) in [5.74, 6) is -0.113. The second-order valence-corrected chi connectivity index (χ2v) is 9.54. The van der Waals surface area contributed by atoms with Crippen molar-refractivity contribution in [2.45, 2.75) is 19.9 Å². The molecule has 0 spiro atoms. The fourth-order valence-electron chi connectivity index (χ4n) is 3.78. The van der Waals surface area contributed by atoms with Crippen LogP contribution in [-0.4, -0.2) is 27.3 Å². The molecule has 33 heavy (non-hydrogen) atoms. The van der Waals surface area contributed by atoms with E-state index in [1.165, 1.54) is 11.3 Å². The van der Waals surface area contributed by atoms with Crippen molar-refractivity contribution in [3.63, 3.8) is 0 Å². The number of pyridine rings is 1. The first-order chi connectivity index (χ1) is 16.0. The van der Waals surface area contributed by atoms with Gasteiger partial charge in [-0.2, -0.15) is 5.10 Å². The molecular formula is C25H20BrN5OS. The molecule has 5 rings (SSSR count). The number of carbonyl (C=O) groups excluding carboxylic acids is 1. The highest BCUT2D eigenvalue weighted by Gasteiger charge is 2.35. The van der Waals surface area contributed by atoms with Gasteiger partial charge in [0, 0.05) is 33.2 Å². The number of halogens is 1. The molecule has 0 aliphatic carbocycles. The number of carbonyl (C=O) groups is 1. The van der Waals surface area contributed by atoms with Crippen molar-refractivity contribution in [3.05, 3.63) is 93.3 Å². The summed E-state index contributed by atoms with van der Waals surface area (Å²) in [6.45, 7) is 4.01. The first-order valence-electron chi connectivity index (χ1n) is 10.5. The largest absolute Gasteiger partial charge is 0.304 e. The SMILES string of the molecule is CC(C)N1C(=O)C(=Nn2c(-c3cccc(Br)c3)csc2=Nc2cccnc2)c2ccccc21. The molecule has 164 valence electrons. The van der Waals surface area contributed by atoms with Gasteiger partial charge in [0.25, 0.3) is 5.91 Å². The minimum absolute atomic E-state index is 0.0166. The van der Waals surface area contributed by atoms with Gasteiger partial charge in [-0.1, -0.05) is 46.3 Å². The molecule has 0 fully saturated rings. The van der Waals surface area contributed by atoms with Gasteiger partial charge in [0.15, 0.2) is 5.71 Å². The Kier molecular flexibility index (Phi) is 5.78. The highest BCUT2D eigenvalue weighted by molar-refractivity contribution is 9.10. The lowest BCUT2D eigenvalue weighted by atomic mass is 10.1. The van der Waals surface area contributed by atoms with Gasteiger partial charge in [0.1, 0.15) is 0 Å². The summed E-state index contributed by atoms with van der Waals surface area (Å²) in [7, 11) is 0. The Morgan fingerprint density at radius 3 is 2.67 bits per heavy atom. The van der Waals surface area contributed by atoms with Crippen molar-refractivity contribution >= 4 is 50.3 Å². The van der Waals surface area contributed by atoms with Crippen molar-refractivity contribution < 1.29 is 4.79 Å². The zero-order chi connectivity index (χ0) is 22.9. The minimum atomic E-state index is -0.113. The maximum Gasteiger partial charge on any atom is 0.279 e. The second-order valence-electron chi connectivity index (χ2n) is 7.78. The van der Waals surface area contributed by atoms with Crippen LogP contribution in [0.3, 0.4) is 0 Å². The lowest BCUT2D eigenvalue weighted by molar-refractivity contribution is -0.112. The minimum Gasteiger partial charge on any atom is -0.304 e. The van der Waals surface area contributed by atoms with Gasteiger partial charge in [-0.15, -0.1) is 11.3 Å². The molecule has 0 bridgehead atoms. The topological polar surface area (TPSA) is 62.9 Å². The number of anilines is 1.